The van der Waals surface area contributed by atoms with Gasteiger partial charge in [0.25, 0.3) is 0 Å². The average Bonchev–Trinajstić information content (AvgIpc) is 3.30. The van der Waals surface area contributed by atoms with E-state index in [9.17, 15) is 0 Å². The first-order chi connectivity index (χ1) is 18.1. The lowest BCUT2D eigenvalue weighted by molar-refractivity contribution is 0.187. The second kappa shape index (κ2) is 10.2. The molecule has 0 amide bonds. The van der Waals surface area contributed by atoms with E-state index in [1.807, 2.05) is 18.3 Å². The van der Waals surface area contributed by atoms with E-state index in [4.69, 9.17) is 31.6 Å². The zero-order chi connectivity index (χ0) is 25.4. The zero-order valence-electron chi connectivity index (χ0n) is 21.2. The van der Waals surface area contributed by atoms with Crippen molar-refractivity contribution >= 4 is 33.9 Å². The molecule has 192 valence electrons. The van der Waals surface area contributed by atoms with Gasteiger partial charge in [-0.25, -0.2) is 0 Å². The molecule has 6 rings (SSSR count). The van der Waals surface area contributed by atoms with Gasteiger partial charge < -0.3 is 24.8 Å². The number of nitriles is 1. The Kier molecular flexibility index (Phi) is 6.66. The molecule has 2 aromatic carbocycles. The van der Waals surface area contributed by atoms with Crippen LogP contribution >= 0.6 is 11.6 Å². The van der Waals surface area contributed by atoms with E-state index in [0.717, 1.165) is 72.0 Å². The predicted molar refractivity (Wildman–Crippen MR) is 146 cm³/mol. The normalized spacial score (nSPS) is 20.0. The van der Waals surface area contributed by atoms with Crippen LogP contribution in [0.15, 0.2) is 36.4 Å². The van der Waals surface area contributed by atoms with Crippen molar-refractivity contribution in [2.45, 2.75) is 31.8 Å². The maximum Gasteiger partial charge on any atom is 0.318 e. The molecular weight excluding hydrogens is 486 g/mol. The van der Waals surface area contributed by atoms with E-state index in [-0.39, 0.29) is 0 Å². The summed E-state index contributed by atoms with van der Waals surface area (Å²) < 4.78 is 6.22. The number of nitrogens with one attached hydrogen (secondary N) is 1. The summed E-state index contributed by atoms with van der Waals surface area (Å²) in [5.74, 6) is 1.43. The third kappa shape index (κ3) is 4.74. The number of benzene rings is 2. The van der Waals surface area contributed by atoms with Gasteiger partial charge >= 0.3 is 6.01 Å². The highest BCUT2D eigenvalue weighted by Gasteiger charge is 2.33. The molecule has 2 fully saturated rings. The smallest absolute Gasteiger partial charge is 0.318 e. The molecule has 0 aliphatic carbocycles. The molecule has 0 saturated carbocycles. The molecule has 0 spiro atoms. The summed E-state index contributed by atoms with van der Waals surface area (Å²) in [6.45, 7) is 5.73. The largest absolute Gasteiger partial charge is 0.462 e. The van der Waals surface area contributed by atoms with Gasteiger partial charge in [-0.05, 0) is 50.4 Å². The van der Waals surface area contributed by atoms with Gasteiger partial charge in [0, 0.05) is 54.8 Å². The molecule has 2 saturated heterocycles. The van der Waals surface area contributed by atoms with Crippen LogP contribution in [0.5, 0.6) is 6.01 Å². The number of aromatic nitrogens is 2. The Labute approximate surface area is 222 Å². The fourth-order valence-corrected chi connectivity index (χ4v) is 6.16. The number of hydrogen-bond acceptors (Lipinski definition) is 8. The van der Waals surface area contributed by atoms with Gasteiger partial charge in [-0.2, -0.15) is 15.2 Å². The second-order valence-electron chi connectivity index (χ2n) is 10.4. The summed E-state index contributed by atoms with van der Waals surface area (Å²) >= 11 is 6.66. The number of fused-ring (bicyclic) bond motifs is 2. The van der Waals surface area contributed by atoms with Crippen LogP contribution in [0.2, 0.25) is 5.02 Å². The van der Waals surface area contributed by atoms with Crippen molar-refractivity contribution in [3.63, 3.8) is 0 Å². The number of anilines is 2. The number of likely N-dealkylation sites (tertiary alicyclic amines) is 1. The fraction of sp³-hybridized carbons (Fsp3) is 0.464. The topological polar surface area (TPSA) is 80.5 Å². The molecule has 4 heterocycles. The van der Waals surface area contributed by atoms with Crippen LogP contribution < -0.4 is 19.9 Å². The predicted octanol–water partition coefficient (Wildman–Crippen LogP) is 3.83. The van der Waals surface area contributed by atoms with Crippen LogP contribution in [-0.2, 0) is 13.0 Å². The fourth-order valence-electron chi connectivity index (χ4n) is 5.88. The molecule has 3 aliphatic heterocycles. The number of halogens is 1. The minimum Gasteiger partial charge on any atom is -0.462 e. The Hall–Kier alpha value is -3.28. The number of rotatable bonds is 7. The molecule has 0 unspecified atom stereocenters. The van der Waals surface area contributed by atoms with Crippen molar-refractivity contribution in [2.24, 2.45) is 5.92 Å². The first-order valence-electron chi connectivity index (χ1n) is 13.1. The van der Waals surface area contributed by atoms with Crippen molar-refractivity contribution < 1.29 is 4.74 Å². The van der Waals surface area contributed by atoms with Crippen molar-refractivity contribution in [3.05, 3.63) is 52.7 Å². The van der Waals surface area contributed by atoms with E-state index >= 15 is 0 Å². The molecule has 1 aromatic heterocycles. The Morgan fingerprint density at radius 1 is 1.14 bits per heavy atom. The van der Waals surface area contributed by atoms with E-state index in [0.29, 0.717) is 37.7 Å². The van der Waals surface area contributed by atoms with Gasteiger partial charge in [0.2, 0.25) is 0 Å². The minimum atomic E-state index is 0.405. The van der Waals surface area contributed by atoms with Gasteiger partial charge in [0.1, 0.15) is 12.4 Å². The van der Waals surface area contributed by atoms with E-state index in [1.165, 1.54) is 12.0 Å². The SMILES string of the molecule is CN1CCC[C@H]1COc1nc2c(c(N3CC(CNC#N)C3)n1)CCN(c1cccc3cccc(Cl)c13)C2. The lowest BCUT2D eigenvalue weighted by Crippen LogP contribution is -2.51. The number of nitrogens with zero attached hydrogens (tertiary/aromatic N) is 6. The summed E-state index contributed by atoms with van der Waals surface area (Å²) in [6.07, 6.45) is 5.23. The number of ether oxygens (including phenoxy) is 1. The Bertz CT molecular complexity index is 1330. The van der Waals surface area contributed by atoms with Crippen molar-refractivity contribution in [3.8, 4) is 12.2 Å². The van der Waals surface area contributed by atoms with Crippen LogP contribution in [0.25, 0.3) is 10.8 Å². The van der Waals surface area contributed by atoms with Crippen LogP contribution in [0, 0.1) is 17.4 Å². The van der Waals surface area contributed by atoms with E-state index in [2.05, 4.69) is 51.3 Å². The van der Waals surface area contributed by atoms with Gasteiger partial charge in [-0.1, -0.05) is 35.9 Å². The Morgan fingerprint density at radius 2 is 1.97 bits per heavy atom. The van der Waals surface area contributed by atoms with Crippen LogP contribution in [0.3, 0.4) is 0 Å². The monoisotopic (exact) mass is 517 g/mol. The summed E-state index contributed by atoms with van der Waals surface area (Å²) in [5.41, 5.74) is 3.36. The maximum absolute atomic E-state index is 8.85. The molecule has 0 radical (unpaired) electrons. The van der Waals surface area contributed by atoms with Gasteiger partial charge in [-0.3, -0.25) is 0 Å². The molecule has 8 nitrogen and oxygen atoms in total. The lowest BCUT2D eigenvalue weighted by atomic mass is 9.97. The highest BCUT2D eigenvalue weighted by molar-refractivity contribution is 6.36. The molecule has 37 heavy (non-hydrogen) atoms. The summed E-state index contributed by atoms with van der Waals surface area (Å²) in [7, 11) is 2.16. The van der Waals surface area contributed by atoms with Gasteiger partial charge in [-0.15, -0.1) is 0 Å². The highest BCUT2D eigenvalue weighted by Crippen LogP contribution is 2.38. The summed E-state index contributed by atoms with van der Waals surface area (Å²) in [5, 5.41) is 14.6. The quantitative estimate of drug-likeness (QED) is 0.374. The number of likely N-dealkylation sites (N-methyl/N-ethyl adjacent to an activating group) is 1. The number of hydrogen-bond donors (Lipinski definition) is 1. The Balaban J connectivity index is 1.29. The molecule has 0 bridgehead atoms. The maximum atomic E-state index is 8.85. The molecular formula is C28H32ClN7O. The van der Waals surface area contributed by atoms with Crippen LogP contribution in [0.4, 0.5) is 11.5 Å². The van der Waals surface area contributed by atoms with E-state index in [1.54, 1.807) is 0 Å². The van der Waals surface area contributed by atoms with Crippen LogP contribution in [0.1, 0.15) is 24.1 Å². The van der Waals surface area contributed by atoms with Crippen molar-refractivity contribution in [1.82, 2.24) is 20.2 Å². The highest BCUT2D eigenvalue weighted by atomic mass is 35.5. The van der Waals surface area contributed by atoms with E-state index < -0.39 is 0 Å². The molecule has 3 aliphatic rings. The van der Waals surface area contributed by atoms with Gasteiger partial charge in [0.15, 0.2) is 6.19 Å². The van der Waals surface area contributed by atoms with Crippen LogP contribution in [-0.4, -0.2) is 67.3 Å². The third-order valence-corrected chi connectivity index (χ3v) is 8.31. The van der Waals surface area contributed by atoms with Crippen molar-refractivity contribution in [1.29, 1.82) is 5.26 Å². The summed E-state index contributed by atoms with van der Waals surface area (Å²) in [6, 6.07) is 13.3. The second-order valence-corrected chi connectivity index (χ2v) is 10.8. The zero-order valence-corrected chi connectivity index (χ0v) is 21.9. The van der Waals surface area contributed by atoms with Crippen molar-refractivity contribution in [2.75, 3.05) is 56.2 Å². The molecule has 1 N–H and O–H groups in total. The molecule has 1 atom stereocenters. The average molecular weight is 518 g/mol. The minimum absolute atomic E-state index is 0.405. The van der Waals surface area contributed by atoms with Gasteiger partial charge in [0.05, 0.1) is 17.3 Å². The first-order valence-corrected chi connectivity index (χ1v) is 13.5. The molecule has 9 heteroatoms. The summed E-state index contributed by atoms with van der Waals surface area (Å²) in [4.78, 5) is 16.9. The lowest BCUT2D eigenvalue weighted by Gasteiger charge is -2.42. The first kappa shape index (κ1) is 24.1. The molecule has 3 aromatic rings. The standard InChI is InChI=1S/C28H32ClN7O/c1-34-11-4-7-21(34)17-37-28-32-24-16-35(25-9-3-6-20-5-2-8-23(29)26(20)25)12-10-22(24)27(33-28)36-14-19(15-36)13-31-18-30/h2-3,5-6,8-9,19,21,31H,4,7,10-17H2,1H3/t21-/m0/s1. The third-order valence-electron chi connectivity index (χ3n) is 8.00. The Morgan fingerprint density at radius 3 is 2.76 bits per heavy atom.